The third-order valence-electron chi connectivity index (χ3n) is 4.41. The lowest BCUT2D eigenvalue weighted by molar-refractivity contribution is 0.0466. The number of piperazine rings is 1. The van der Waals surface area contributed by atoms with E-state index in [0.717, 1.165) is 19.6 Å². The summed E-state index contributed by atoms with van der Waals surface area (Å²) in [7, 11) is 0. The van der Waals surface area contributed by atoms with E-state index in [1.54, 1.807) is 0 Å². The van der Waals surface area contributed by atoms with E-state index < -0.39 is 0 Å². The van der Waals surface area contributed by atoms with Crippen molar-refractivity contribution in [3.8, 4) is 0 Å². The molecule has 4 heteroatoms. The van der Waals surface area contributed by atoms with Crippen molar-refractivity contribution in [1.29, 1.82) is 0 Å². The summed E-state index contributed by atoms with van der Waals surface area (Å²) in [4.78, 5) is 4.02. The zero-order valence-electron chi connectivity index (χ0n) is 12.5. The van der Waals surface area contributed by atoms with Crippen molar-refractivity contribution in [3.05, 3.63) is 56.7 Å². The molecule has 0 radical (unpaired) electrons. The summed E-state index contributed by atoms with van der Waals surface area (Å²) in [5, 5.41) is 5.80. The Morgan fingerprint density at radius 1 is 1.33 bits per heavy atom. The first-order valence-corrected chi connectivity index (χ1v) is 9.03. The van der Waals surface area contributed by atoms with E-state index in [9.17, 15) is 0 Å². The Morgan fingerprint density at radius 3 is 2.76 bits per heavy atom. The molecule has 3 rings (SSSR count). The van der Waals surface area contributed by atoms with Crippen molar-refractivity contribution in [2.45, 2.75) is 32.0 Å². The maximum absolute atomic E-state index is 3.67. The third kappa shape index (κ3) is 3.09. The maximum atomic E-state index is 3.67. The fourth-order valence-electron chi connectivity index (χ4n) is 3.01. The lowest BCUT2D eigenvalue weighted by Crippen LogP contribution is -2.60. The van der Waals surface area contributed by atoms with Crippen LogP contribution in [0.25, 0.3) is 0 Å². The second-order valence-electron chi connectivity index (χ2n) is 5.99. The summed E-state index contributed by atoms with van der Waals surface area (Å²) >= 11 is 5.50. The molecule has 1 aliphatic heterocycles. The minimum atomic E-state index is 0.0389. The van der Waals surface area contributed by atoms with Crippen LogP contribution in [0.4, 0.5) is 0 Å². The van der Waals surface area contributed by atoms with Crippen molar-refractivity contribution < 1.29 is 0 Å². The monoisotopic (exact) mass is 364 g/mol. The number of rotatable bonds is 3. The average molecular weight is 365 g/mol. The van der Waals surface area contributed by atoms with Gasteiger partial charge in [0.05, 0.1) is 5.54 Å². The van der Waals surface area contributed by atoms with Gasteiger partial charge in [0.25, 0.3) is 0 Å². The second kappa shape index (κ2) is 6.21. The van der Waals surface area contributed by atoms with Crippen LogP contribution in [0.3, 0.4) is 0 Å². The minimum Gasteiger partial charge on any atom is -0.311 e. The van der Waals surface area contributed by atoms with E-state index in [2.05, 4.69) is 81.8 Å². The van der Waals surface area contributed by atoms with Gasteiger partial charge in [0.15, 0.2) is 0 Å². The molecule has 1 aromatic heterocycles. The van der Waals surface area contributed by atoms with Gasteiger partial charge < -0.3 is 5.32 Å². The Bertz CT molecular complexity index is 598. The molecular weight excluding hydrogens is 344 g/mol. The summed E-state index contributed by atoms with van der Waals surface area (Å²) in [5.74, 6) is 0. The number of hydrogen-bond acceptors (Lipinski definition) is 3. The van der Waals surface area contributed by atoms with Crippen LogP contribution in [-0.2, 0) is 12.1 Å². The molecule has 2 unspecified atom stereocenters. The van der Waals surface area contributed by atoms with E-state index in [1.807, 2.05) is 11.3 Å². The highest BCUT2D eigenvalue weighted by Crippen LogP contribution is 2.34. The van der Waals surface area contributed by atoms with Crippen molar-refractivity contribution in [1.82, 2.24) is 10.2 Å². The number of nitrogens with zero attached hydrogens (tertiary/aromatic N) is 1. The Hall–Kier alpha value is -0.680. The standard InChI is InChI=1S/C17H21BrN2S/c1-13-10-20(11-16-15(18)8-9-21-16)17(2,12-19-13)14-6-4-3-5-7-14/h3-9,13,19H,10-12H2,1-2H3. The van der Waals surface area contributed by atoms with Crippen LogP contribution in [0.5, 0.6) is 0 Å². The van der Waals surface area contributed by atoms with E-state index in [-0.39, 0.29) is 5.54 Å². The lowest BCUT2D eigenvalue weighted by Gasteiger charge is -2.48. The summed E-state index contributed by atoms with van der Waals surface area (Å²) in [5.41, 5.74) is 1.43. The molecule has 21 heavy (non-hydrogen) atoms. The van der Waals surface area contributed by atoms with Crippen molar-refractivity contribution in [2.75, 3.05) is 13.1 Å². The van der Waals surface area contributed by atoms with Crippen LogP contribution in [-0.4, -0.2) is 24.0 Å². The Kier molecular flexibility index (Phi) is 4.50. The molecule has 2 nitrogen and oxygen atoms in total. The van der Waals surface area contributed by atoms with E-state index in [4.69, 9.17) is 0 Å². The topological polar surface area (TPSA) is 15.3 Å². The van der Waals surface area contributed by atoms with Gasteiger partial charge in [-0.15, -0.1) is 11.3 Å². The van der Waals surface area contributed by atoms with Crippen molar-refractivity contribution in [2.24, 2.45) is 0 Å². The van der Waals surface area contributed by atoms with Gasteiger partial charge in [-0.25, -0.2) is 0 Å². The highest BCUT2D eigenvalue weighted by Gasteiger charge is 2.38. The predicted molar refractivity (Wildman–Crippen MR) is 93.7 cm³/mol. The largest absolute Gasteiger partial charge is 0.311 e. The Balaban J connectivity index is 1.91. The Labute approximate surface area is 139 Å². The van der Waals surface area contributed by atoms with Crippen LogP contribution in [0.2, 0.25) is 0 Å². The van der Waals surface area contributed by atoms with Gasteiger partial charge in [-0.05, 0) is 46.8 Å². The number of hydrogen-bond donors (Lipinski definition) is 1. The SMILES string of the molecule is CC1CN(Cc2sccc2Br)C(C)(c2ccccc2)CN1. The summed E-state index contributed by atoms with van der Waals surface area (Å²) < 4.78 is 1.23. The molecule has 1 N–H and O–H groups in total. The molecule has 1 saturated heterocycles. The first-order valence-electron chi connectivity index (χ1n) is 7.35. The molecular formula is C17H21BrN2S. The summed E-state index contributed by atoms with van der Waals surface area (Å²) in [6, 6.07) is 13.5. The first-order chi connectivity index (χ1) is 10.1. The quantitative estimate of drug-likeness (QED) is 0.876. The van der Waals surface area contributed by atoms with E-state index >= 15 is 0 Å². The lowest BCUT2D eigenvalue weighted by atomic mass is 9.87. The van der Waals surface area contributed by atoms with Gasteiger partial charge in [-0.1, -0.05) is 30.3 Å². The van der Waals surface area contributed by atoms with Gasteiger partial charge in [-0.2, -0.15) is 0 Å². The molecule has 0 aliphatic carbocycles. The minimum absolute atomic E-state index is 0.0389. The van der Waals surface area contributed by atoms with Crippen LogP contribution >= 0.6 is 27.3 Å². The van der Waals surface area contributed by atoms with E-state index in [1.165, 1.54) is 14.9 Å². The highest BCUT2D eigenvalue weighted by atomic mass is 79.9. The zero-order chi connectivity index (χ0) is 14.9. The first kappa shape index (κ1) is 15.2. The zero-order valence-corrected chi connectivity index (χ0v) is 14.9. The molecule has 1 aliphatic rings. The van der Waals surface area contributed by atoms with Crippen LogP contribution < -0.4 is 5.32 Å². The molecule has 0 bridgehead atoms. The molecule has 0 spiro atoms. The molecule has 1 fully saturated rings. The highest BCUT2D eigenvalue weighted by molar-refractivity contribution is 9.10. The number of thiophene rings is 1. The van der Waals surface area contributed by atoms with Gasteiger partial charge in [0.1, 0.15) is 0 Å². The fraction of sp³-hybridized carbons (Fsp3) is 0.412. The number of nitrogens with one attached hydrogen (secondary N) is 1. The summed E-state index contributed by atoms with van der Waals surface area (Å²) in [6.45, 7) is 7.66. The second-order valence-corrected chi connectivity index (χ2v) is 7.85. The molecule has 0 amide bonds. The molecule has 1 aromatic carbocycles. The molecule has 112 valence electrons. The van der Waals surface area contributed by atoms with Gasteiger partial charge in [0.2, 0.25) is 0 Å². The number of benzene rings is 1. The molecule has 2 heterocycles. The van der Waals surface area contributed by atoms with Crippen LogP contribution in [0, 0.1) is 0 Å². The molecule has 2 aromatic rings. The van der Waals surface area contributed by atoms with Gasteiger partial charge in [0, 0.05) is 35.0 Å². The summed E-state index contributed by atoms with van der Waals surface area (Å²) in [6.07, 6.45) is 0. The third-order valence-corrected chi connectivity index (χ3v) is 6.32. The van der Waals surface area contributed by atoms with Crippen molar-refractivity contribution in [3.63, 3.8) is 0 Å². The Morgan fingerprint density at radius 2 is 2.10 bits per heavy atom. The van der Waals surface area contributed by atoms with E-state index in [0.29, 0.717) is 6.04 Å². The molecule has 0 saturated carbocycles. The average Bonchev–Trinajstić information content (AvgIpc) is 2.89. The van der Waals surface area contributed by atoms with Gasteiger partial charge in [-0.3, -0.25) is 4.90 Å². The fourth-order valence-corrected chi connectivity index (χ4v) is 4.51. The van der Waals surface area contributed by atoms with Crippen molar-refractivity contribution >= 4 is 27.3 Å². The normalized spacial score (nSPS) is 26.9. The smallest absolute Gasteiger partial charge is 0.0561 e. The molecule has 2 atom stereocenters. The van der Waals surface area contributed by atoms with Crippen LogP contribution in [0.15, 0.2) is 46.3 Å². The maximum Gasteiger partial charge on any atom is 0.0561 e. The predicted octanol–water partition coefficient (Wildman–Crippen LogP) is 4.22. The van der Waals surface area contributed by atoms with Crippen LogP contribution in [0.1, 0.15) is 24.3 Å². The number of halogens is 1. The van der Waals surface area contributed by atoms with Gasteiger partial charge >= 0.3 is 0 Å².